The standard InChI is InChI=1S/C22H14N4O5S2/c23-33(30,31)12-9-10-16-18(11-12)32-22(24-16)25-19(27)15-7-3-4-8-17(15)26-20(28)13-5-1-2-6-14(13)21(26)29/h1-11H,(H2,23,30,31)(H,24,25,27). The van der Waals surface area contributed by atoms with Crippen LogP contribution >= 0.6 is 11.3 Å². The van der Waals surface area contributed by atoms with Crippen molar-refractivity contribution in [3.05, 3.63) is 83.4 Å². The fourth-order valence-electron chi connectivity index (χ4n) is 3.57. The third-order valence-corrected chi connectivity index (χ3v) is 6.94. The van der Waals surface area contributed by atoms with Crippen LogP contribution in [-0.2, 0) is 10.0 Å². The highest BCUT2D eigenvalue weighted by Gasteiger charge is 2.38. The van der Waals surface area contributed by atoms with Crippen molar-refractivity contribution < 1.29 is 22.8 Å². The zero-order chi connectivity index (χ0) is 23.3. The van der Waals surface area contributed by atoms with Crippen molar-refractivity contribution >= 4 is 60.1 Å². The summed E-state index contributed by atoms with van der Waals surface area (Å²) in [6.07, 6.45) is 0. The molecule has 3 amide bonds. The van der Waals surface area contributed by atoms with Gasteiger partial charge in [0, 0.05) is 0 Å². The lowest BCUT2D eigenvalue weighted by atomic mass is 10.1. The molecule has 0 saturated heterocycles. The van der Waals surface area contributed by atoms with Crippen LogP contribution in [0.25, 0.3) is 10.2 Å². The fourth-order valence-corrected chi connectivity index (χ4v) is 5.08. The van der Waals surface area contributed by atoms with E-state index in [1.54, 1.807) is 36.4 Å². The number of benzene rings is 3. The summed E-state index contributed by atoms with van der Waals surface area (Å²) in [7, 11) is -3.88. The van der Waals surface area contributed by atoms with E-state index >= 15 is 0 Å². The lowest BCUT2D eigenvalue weighted by Gasteiger charge is -2.17. The van der Waals surface area contributed by atoms with Crippen LogP contribution in [0, 0.1) is 0 Å². The van der Waals surface area contributed by atoms with Gasteiger partial charge in [0.25, 0.3) is 17.7 Å². The first kappa shape index (κ1) is 20.9. The second-order valence-electron chi connectivity index (χ2n) is 7.16. The Kier molecular flexibility index (Phi) is 4.81. The molecule has 0 unspecified atom stereocenters. The number of aromatic nitrogens is 1. The molecule has 0 saturated carbocycles. The molecule has 4 aromatic rings. The predicted molar refractivity (Wildman–Crippen MR) is 123 cm³/mol. The van der Waals surface area contributed by atoms with Crippen LogP contribution in [0.3, 0.4) is 0 Å². The van der Waals surface area contributed by atoms with Gasteiger partial charge in [-0.05, 0) is 42.5 Å². The zero-order valence-electron chi connectivity index (χ0n) is 16.7. The third-order valence-electron chi connectivity index (χ3n) is 5.09. The van der Waals surface area contributed by atoms with Crippen LogP contribution in [0.5, 0.6) is 0 Å². The zero-order valence-corrected chi connectivity index (χ0v) is 18.3. The summed E-state index contributed by atoms with van der Waals surface area (Å²) >= 11 is 1.07. The largest absolute Gasteiger partial charge is 0.298 e. The van der Waals surface area contributed by atoms with Crippen molar-refractivity contribution in [2.75, 3.05) is 10.2 Å². The summed E-state index contributed by atoms with van der Waals surface area (Å²) in [5, 5.41) is 8.05. The number of primary sulfonamides is 1. The average Bonchev–Trinajstić information content (AvgIpc) is 3.30. The number of thiazole rings is 1. The van der Waals surface area contributed by atoms with Gasteiger partial charge in [-0.2, -0.15) is 0 Å². The summed E-state index contributed by atoms with van der Waals surface area (Å²) in [5.74, 6) is -1.59. The summed E-state index contributed by atoms with van der Waals surface area (Å²) < 4.78 is 23.7. The molecule has 0 radical (unpaired) electrons. The minimum absolute atomic E-state index is 0.0625. The van der Waals surface area contributed by atoms with Gasteiger partial charge in [-0.25, -0.2) is 23.4 Å². The van der Waals surface area contributed by atoms with Crippen molar-refractivity contribution in [1.29, 1.82) is 0 Å². The summed E-state index contributed by atoms with van der Waals surface area (Å²) in [4.78, 5) is 44.0. The molecule has 164 valence electrons. The van der Waals surface area contributed by atoms with Crippen molar-refractivity contribution in [2.45, 2.75) is 4.90 Å². The van der Waals surface area contributed by atoms with E-state index < -0.39 is 27.7 Å². The Morgan fingerprint density at radius 3 is 2.24 bits per heavy atom. The second kappa shape index (κ2) is 7.59. The molecule has 11 heteroatoms. The first-order chi connectivity index (χ1) is 15.7. The molecule has 5 rings (SSSR count). The monoisotopic (exact) mass is 478 g/mol. The number of sulfonamides is 1. The SMILES string of the molecule is NS(=O)(=O)c1ccc2nc(NC(=O)c3ccccc3N3C(=O)c4ccccc4C3=O)sc2c1. The van der Waals surface area contributed by atoms with Crippen LogP contribution in [0.2, 0.25) is 0 Å². The number of amides is 3. The maximum absolute atomic E-state index is 13.1. The highest BCUT2D eigenvalue weighted by atomic mass is 32.2. The molecule has 3 aromatic carbocycles. The minimum atomic E-state index is -3.88. The van der Waals surface area contributed by atoms with Crippen molar-refractivity contribution in [3.8, 4) is 0 Å². The Morgan fingerprint density at radius 1 is 0.939 bits per heavy atom. The van der Waals surface area contributed by atoms with E-state index in [0.717, 1.165) is 16.2 Å². The summed E-state index contributed by atoms with van der Waals surface area (Å²) in [6.45, 7) is 0. The number of anilines is 2. The molecule has 1 aromatic heterocycles. The van der Waals surface area contributed by atoms with Crippen LogP contribution in [-0.4, -0.2) is 31.1 Å². The van der Waals surface area contributed by atoms with Crippen molar-refractivity contribution in [2.24, 2.45) is 5.14 Å². The Labute approximate surface area is 191 Å². The average molecular weight is 479 g/mol. The van der Waals surface area contributed by atoms with Crippen molar-refractivity contribution in [1.82, 2.24) is 4.98 Å². The molecule has 0 aliphatic carbocycles. The highest BCUT2D eigenvalue weighted by Crippen LogP contribution is 2.32. The lowest BCUT2D eigenvalue weighted by Crippen LogP contribution is -2.31. The minimum Gasteiger partial charge on any atom is -0.298 e. The maximum Gasteiger partial charge on any atom is 0.266 e. The van der Waals surface area contributed by atoms with E-state index in [-0.39, 0.29) is 32.4 Å². The number of nitrogens with two attached hydrogens (primary N) is 1. The molecule has 0 bridgehead atoms. The topological polar surface area (TPSA) is 140 Å². The molecule has 1 aliphatic rings. The lowest BCUT2D eigenvalue weighted by molar-refractivity contribution is 0.0926. The highest BCUT2D eigenvalue weighted by molar-refractivity contribution is 7.89. The van der Waals surface area contributed by atoms with Gasteiger partial charge in [-0.15, -0.1) is 0 Å². The number of nitrogens with zero attached hydrogens (tertiary/aromatic N) is 2. The number of fused-ring (bicyclic) bond motifs is 2. The first-order valence-electron chi connectivity index (χ1n) is 9.55. The maximum atomic E-state index is 13.1. The normalized spacial score (nSPS) is 13.4. The van der Waals surface area contributed by atoms with Crippen LogP contribution in [0.15, 0.2) is 71.6 Å². The fraction of sp³-hybridized carbons (Fsp3) is 0. The van der Waals surface area contributed by atoms with Gasteiger partial charge >= 0.3 is 0 Å². The Balaban J connectivity index is 1.48. The molecule has 3 N–H and O–H groups in total. The quantitative estimate of drug-likeness (QED) is 0.432. The molecule has 1 aliphatic heterocycles. The predicted octanol–water partition coefficient (Wildman–Crippen LogP) is 3.00. The van der Waals surface area contributed by atoms with Gasteiger partial charge in [0.15, 0.2) is 5.13 Å². The van der Waals surface area contributed by atoms with Gasteiger partial charge in [0.1, 0.15) is 0 Å². The number of hydrogen-bond acceptors (Lipinski definition) is 7. The van der Waals surface area contributed by atoms with E-state index in [1.807, 2.05) is 0 Å². The van der Waals surface area contributed by atoms with Crippen LogP contribution in [0.1, 0.15) is 31.1 Å². The van der Waals surface area contributed by atoms with Crippen LogP contribution in [0.4, 0.5) is 10.8 Å². The van der Waals surface area contributed by atoms with Gasteiger partial charge in [0.2, 0.25) is 10.0 Å². The number of nitrogens with one attached hydrogen (secondary N) is 1. The first-order valence-corrected chi connectivity index (χ1v) is 11.9. The van der Waals surface area contributed by atoms with E-state index in [9.17, 15) is 22.8 Å². The Morgan fingerprint density at radius 2 is 1.58 bits per heavy atom. The molecular formula is C22H14N4O5S2. The van der Waals surface area contributed by atoms with Crippen LogP contribution < -0.4 is 15.4 Å². The Hall–Kier alpha value is -3.93. The van der Waals surface area contributed by atoms with E-state index in [0.29, 0.717) is 10.2 Å². The second-order valence-corrected chi connectivity index (χ2v) is 9.75. The van der Waals surface area contributed by atoms with Gasteiger partial charge in [-0.3, -0.25) is 19.7 Å². The van der Waals surface area contributed by atoms with Gasteiger partial charge in [-0.1, -0.05) is 35.6 Å². The third kappa shape index (κ3) is 3.57. The summed E-state index contributed by atoms with van der Waals surface area (Å²) in [6, 6.07) is 16.9. The molecule has 2 heterocycles. The number of hydrogen-bond donors (Lipinski definition) is 2. The molecule has 33 heavy (non-hydrogen) atoms. The molecule has 0 atom stereocenters. The van der Waals surface area contributed by atoms with Crippen molar-refractivity contribution in [3.63, 3.8) is 0 Å². The smallest absolute Gasteiger partial charge is 0.266 e. The van der Waals surface area contributed by atoms with E-state index in [4.69, 9.17) is 5.14 Å². The number of carbonyl (C=O) groups excluding carboxylic acids is 3. The molecule has 0 fully saturated rings. The molecular weight excluding hydrogens is 464 g/mol. The number of rotatable bonds is 4. The van der Waals surface area contributed by atoms with E-state index in [2.05, 4.69) is 10.3 Å². The number of imide groups is 1. The van der Waals surface area contributed by atoms with E-state index in [1.165, 1.54) is 30.3 Å². The molecule has 9 nitrogen and oxygen atoms in total. The number of carbonyl (C=O) groups is 3. The van der Waals surface area contributed by atoms with Gasteiger partial charge < -0.3 is 0 Å². The van der Waals surface area contributed by atoms with Gasteiger partial charge in [0.05, 0.1) is 37.5 Å². The Bertz CT molecular complexity index is 1560. The summed E-state index contributed by atoms with van der Waals surface area (Å²) in [5.41, 5.74) is 1.29. The molecule has 0 spiro atoms. The number of para-hydroxylation sites is 1.